The number of carbonyl (C=O) groups is 3. The number of nitrogens with zero attached hydrogens (tertiary/aromatic N) is 3. The summed E-state index contributed by atoms with van der Waals surface area (Å²) in [5, 5.41) is 16.9. The zero-order chi connectivity index (χ0) is 27.4. The topological polar surface area (TPSA) is 146 Å². The van der Waals surface area contributed by atoms with Crippen LogP contribution in [0.2, 0.25) is 0 Å². The number of hydrogen-bond donors (Lipinski definition) is 4. The highest BCUT2D eigenvalue weighted by molar-refractivity contribution is 7.17. The van der Waals surface area contributed by atoms with E-state index in [0.717, 1.165) is 19.0 Å². The van der Waals surface area contributed by atoms with Gasteiger partial charge < -0.3 is 15.7 Å². The van der Waals surface area contributed by atoms with Crippen molar-refractivity contribution in [3.63, 3.8) is 0 Å². The molecule has 0 saturated heterocycles. The van der Waals surface area contributed by atoms with E-state index in [1.54, 1.807) is 6.92 Å². The van der Waals surface area contributed by atoms with Crippen molar-refractivity contribution in [1.82, 2.24) is 25.6 Å². The van der Waals surface area contributed by atoms with Crippen LogP contribution in [0.3, 0.4) is 0 Å². The fraction of sp³-hybridized carbons (Fsp3) is 0.333. The summed E-state index contributed by atoms with van der Waals surface area (Å²) in [7, 11) is 0. The van der Waals surface area contributed by atoms with Crippen molar-refractivity contribution >= 4 is 35.1 Å². The van der Waals surface area contributed by atoms with Gasteiger partial charge in [-0.05, 0) is 31.9 Å². The van der Waals surface area contributed by atoms with Crippen LogP contribution in [-0.2, 0) is 6.18 Å². The molecule has 3 amide bonds. The number of aromatic carboxylic acids is 1. The van der Waals surface area contributed by atoms with Gasteiger partial charge in [0, 0.05) is 47.9 Å². The fourth-order valence-electron chi connectivity index (χ4n) is 4.06. The third-order valence-corrected chi connectivity index (χ3v) is 6.89. The van der Waals surface area contributed by atoms with Gasteiger partial charge in [0.25, 0.3) is 5.91 Å². The van der Waals surface area contributed by atoms with E-state index in [9.17, 15) is 32.7 Å². The number of aromatic nitrogens is 3. The van der Waals surface area contributed by atoms with Gasteiger partial charge in [-0.3, -0.25) is 15.1 Å². The molecule has 0 aliphatic heterocycles. The predicted octanol–water partition coefficient (Wildman–Crippen LogP) is 4.80. The number of anilines is 1. The Labute approximate surface area is 218 Å². The Hall–Kier alpha value is -4.07. The Balaban J connectivity index is 1.84. The third kappa shape index (κ3) is 6.07. The summed E-state index contributed by atoms with van der Waals surface area (Å²) in [6, 6.07) is 1.82. The van der Waals surface area contributed by atoms with Gasteiger partial charge in [0.2, 0.25) is 0 Å². The Morgan fingerprint density at radius 3 is 2.50 bits per heavy atom. The molecule has 0 spiro atoms. The van der Waals surface area contributed by atoms with Gasteiger partial charge in [-0.1, -0.05) is 12.8 Å². The molecule has 1 aliphatic carbocycles. The molecule has 3 heterocycles. The number of amides is 3. The summed E-state index contributed by atoms with van der Waals surface area (Å²) in [6.45, 7) is 2.03. The van der Waals surface area contributed by atoms with Crippen LogP contribution in [0, 0.1) is 0 Å². The van der Waals surface area contributed by atoms with E-state index in [4.69, 9.17) is 0 Å². The van der Waals surface area contributed by atoms with Crippen molar-refractivity contribution in [2.24, 2.45) is 0 Å². The smallest absolute Gasteiger partial charge is 0.435 e. The maximum Gasteiger partial charge on any atom is 0.435 e. The second-order valence-corrected chi connectivity index (χ2v) is 9.52. The maximum atomic E-state index is 14.0. The van der Waals surface area contributed by atoms with E-state index in [2.05, 4.69) is 30.9 Å². The second kappa shape index (κ2) is 11.1. The number of hydrogen-bond acceptors (Lipinski definition) is 7. The molecule has 4 rings (SSSR count). The molecule has 200 valence electrons. The number of carbonyl (C=O) groups excluding carboxylic acids is 2. The number of pyridine rings is 2. The van der Waals surface area contributed by atoms with Crippen molar-refractivity contribution in [3.05, 3.63) is 46.9 Å². The highest BCUT2D eigenvalue weighted by atomic mass is 32.1. The number of alkyl halides is 3. The van der Waals surface area contributed by atoms with Crippen molar-refractivity contribution in [2.45, 2.75) is 44.8 Å². The standard InChI is InChI=1S/C24H23F3N6O4S/c1-2-29-23(37)32-17-8-15(16(11-30-17)12-7-13(22(35)36)10-28-9-12)21-33-19(24(25,26)27)18(38-21)20(34)31-14-5-3-4-6-14/h7-11,14H,2-6H2,1H3,(H,31,34)(H,35,36)(H2,29,30,32,37). The Bertz CT molecular complexity index is 1370. The van der Waals surface area contributed by atoms with E-state index in [1.165, 1.54) is 24.5 Å². The first-order valence-corrected chi connectivity index (χ1v) is 12.5. The molecule has 1 aliphatic rings. The van der Waals surface area contributed by atoms with Crippen LogP contribution < -0.4 is 16.0 Å². The van der Waals surface area contributed by atoms with Crippen molar-refractivity contribution < 1.29 is 32.7 Å². The maximum absolute atomic E-state index is 14.0. The minimum absolute atomic E-state index is 0.0118. The predicted molar refractivity (Wildman–Crippen MR) is 133 cm³/mol. The van der Waals surface area contributed by atoms with Crippen LogP contribution in [0.4, 0.5) is 23.8 Å². The SMILES string of the molecule is CCNC(=O)Nc1cc(-c2nc(C(F)(F)F)c(C(=O)NC3CCCC3)s2)c(-c2cncc(C(=O)O)c2)cn1. The Morgan fingerprint density at radius 1 is 1.11 bits per heavy atom. The quantitative estimate of drug-likeness (QED) is 0.332. The lowest BCUT2D eigenvalue weighted by Gasteiger charge is -2.12. The van der Waals surface area contributed by atoms with E-state index >= 15 is 0 Å². The van der Waals surface area contributed by atoms with E-state index in [-0.39, 0.29) is 39.1 Å². The monoisotopic (exact) mass is 548 g/mol. The molecule has 3 aromatic rings. The summed E-state index contributed by atoms with van der Waals surface area (Å²) in [6.07, 6.45) is 1.97. The second-order valence-electron chi connectivity index (χ2n) is 8.52. The highest BCUT2D eigenvalue weighted by Gasteiger charge is 2.40. The summed E-state index contributed by atoms with van der Waals surface area (Å²) in [4.78, 5) is 47.6. The zero-order valence-corrected chi connectivity index (χ0v) is 20.9. The first kappa shape index (κ1) is 27.0. The summed E-state index contributed by atoms with van der Waals surface area (Å²) in [5.74, 6) is -2.10. The number of rotatable bonds is 7. The molecule has 0 bridgehead atoms. The fourth-order valence-corrected chi connectivity index (χ4v) is 5.08. The molecular weight excluding hydrogens is 525 g/mol. The van der Waals surface area contributed by atoms with Gasteiger partial charge in [-0.2, -0.15) is 13.2 Å². The summed E-state index contributed by atoms with van der Waals surface area (Å²) < 4.78 is 41.9. The van der Waals surface area contributed by atoms with Crippen LogP contribution in [0.15, 0.2) is 30.7 Å². The molecule has 38 heavy (non-hydrogen) atoms. The van der Waals surface area contributed by atoms with E-state index in [0.29, 0.717) is 30.7 Å². The third-order valence-electron chi connectivity index (χ3n) is 5.80. The molecule has 0 unspecified atom stereocenters. The van der Waals surface area contributed by atoms with Gasteiger partial charge in [0.1, 0.15) is 15.7 Å². The van der Waals surface area contributed by atoms with Crippen LogP contribution in [0.1, 0.15) is 58.3 Å². The van der Waals surface area contributed by atoms with Gasteiger partial charge in [0.15, 0.2) is 5.69 Å². The summed E-state index contributed by atoms with van der Waals surface area (Å²) in [5.41, 5.74) is -0.910. The molecule has 0 aromatic carbocycles. The molecule has 14 heteroatoms. The molecule has 3 aromatic heterocycles. The molecule has 1 fully saturated rings. The number of thiazole rings is 1. The highest BCUT2D eigenvalue weighted by Crippen LogP contribution is 2.41. The average Bonchev–Trinajstić information content (AvgIpc) is 3.54. The number of nitrogens with one attached hydrogen (secondary N) is 3. The van der Waals surface area contributed by atoms with E-state index < -0.39 is 34.7 Å². The van der Waals surface area contributed by atoms with Crippen molar-refractivity contribution in [1.29, 1.82) is 0 Å². The molecule has 0 radical (unpaired) electrons. The summed E-state index contributed by atoms with van der Waals surface area (Å²) >= 11 is 0.552. The minimum Gasteiger partial charge on any atom is -0.478 e. The lowest BCUT2D eigenvalue weighted by atomic mass is 10.0. The van der Waals surface area contributed by atoms with Crippen molar-refractivity contribution in [3.8, 4) is 21.7 Å². The average molecular weight is 549 g/mol. The molecule has 4 N–H and O–H groups in total. The van der Waals surface area contributed by atoms with Crippen molar-refractivity contribution in [2.75, 3.05) is 11.9 Å². The van der Waals surface area contributed by atoms with Gasteiger partial charge >= 0.3 is 18.2 Å². The van der Waals surface area contributed by atoms with Gasteiger partial charge in [-0.25, -0.2) is 19.6 Å². The number of carboxylic acids is 1. The van der Waals surface area contributed by atoms with Crippen LogP contribution >= 0.6 is 11.3 Å². The lowest BCUT2D eigenvalue weighted by Crippen LogP contribution is -2.33. The molecule has 0 atom stereocenters. The number of carboxylic acid groups (broad SMARTS) is 1. The lowest BCUT2D eigenvalue weighted by molar-refractivity contribution is -0.141. The van der Waals surface area contributed by atoms with Crippen LogP contribution in [0.25, 0.3) is 21.7 Å². The zero-order valence-electron chi connectivity index (χ0n) is 20.1. The van der Waals surface area contributed by atoms with Crippen LogP contribution in [0.5, 0.6) is 0 Å². The van der Waals surface area contributed by atoms with Crippen LogP contribution in [-0.4, -0.2) is 50.6 Å². The number of halogens is 3. The number of urea groups is 1. The Morgan fingerprint density at radius 2 is 1.84 bits per heavy atom. The van der Waals surface area contributed by atoms with Gasteiger partial charge in [0.05, 0.1) is 5.56 Å². The molecule has 1 saturated carbocycles. The molecular formula is C24H23F3N6O4S. The Kier molecular flexibility index (Phi) is 7.90. The van der Waals surface area contributed by atoms with Gasteiger partial charge in [-0.15, -0.1) is 11.3 Å². The first-order valence-electron chi connectivity index (χ1n) is 11.7. The minimum atomic E-state index is -4.91. The largest absolute Gasteiger partial charge is 0.478 e. The first-order chi connectivity index (χ1) is 18.1. The van der Waals surface area contributed by atoms with E-state index in [1.807, 2.05) is 0 Å². The normalized spacial score (nSPS) is 13.8. The molecule has 10 nitrogen and oxygen atoms in total.